The number of hydrogen-bond acceptors (Lipinski definition) is 9. The molecule has 0 unspecified atom stereocenters. The molecule has 0 aliphatic carbocycles. The fourth-order valence-corrected chi connectivity index (χ4v) is 1.31. The van der Waals surface area contributed by atoms with Crippen LogP contribution in [0.4, 0.5) is 11.9 Å². The highest BCUT2D eigenvalue weighted by Crippen LogP contribution is 2.06. The number of hydrazine groups is 1. The van der Waals surface area contributed by atoms with Crippen LogP contribution in [0.25, 0.3) is 5.95 Å². The summed E-state index contributed by atoms with van der Waals surface area (Å²) in [4.78, 5) is 18.3. The molecule has 4 N–H and O–H groups in total. The van der Waals surface area contributed by atoms with Gasteiger partial charge in [-0.1, -0.05) is 0 Å². The smallest absolute Gasteiger partial charge is 0.258 e. The van der Waals surface area contributed by atoms with Crippen molar-refractivity contribution in [3.8, 4) is 5.95 Å². The van der Waals surface area contributed by atoms with E-state index in [0.717, 1.165) is 6.54 Å². The van der Waals surface area contributed by atoms with Crippen molar-refractivity contribution >= 4 is 11.9 Å². The SMILES string of the molecule is CN(C)CCNc1nc(NN)nc(-n2cncn2)n1. The number of hydrogen-bond donors (Lipinski definition) is 3. The Kier molecular flexibility index (Phi) is 4.15. The average Bonchev–Trinajstić information content (AvgIpc) is 2.92. The number of nitrogen functional groups attached to an aromatic ring is 1. The number of nitrogens with one attached hydrogen (secondary N) is 2. The normalized spacial score (nSPS) is 10.7. The maximum Gasteiger partial charge on any atom is 0.258 e. The second kappa shape index (κ2) is 6.02. The third-order valence-corrected chi connectivity index (χ3v) is 2.22. The lowest BCUT2D eigenvalue weighted by Crippen LogP contribution is -2.22. The molecule has 0 saturated carbocycles. The first-order valence-electron chi connectivity index (χ1n) is 5.65. The Hall–Kier alpha value is -2.33. The molecule has 0 aliphatic rings. The van der Waals surface area contributed by atoms with E-state index >= 15 is 0 Å². The van der Waals surface area contributed by atoms with Gasteiger partial charge in [0, 0.05) is 13.1 Å². The molecule has 0 fully saturated rings. The second-order valence-electron chi connectivity index (χ2n) is 4.00. The van der Waals surface area contributed by atoms with Crippen LogP contribution in [0, 0.1) is 0 Å². The number of nitrogens with two attached hydrogens (primary N) is 1. The first-order valence-corrected chi connectivity index (χ1v) is 5.65. The molecule has 2 rings (SSSR count). The predicted molar refractivity (Wildman–Crippen MR) is 69.6 cm³/mol. The van der Waals surface area contributed by atoms with Crippen LogP contribution in [0.1, 0.15) is 0 Å². The zero-order chi connectivity index (χ0) is 13.7. The average molecular weight is 264 g/mol. The van der Waals surface area contributed by atoms with Gasteiger partial charge in [-0.15, -0.1) is 0 Å². The Balaban J connectivity index is 2.16. The van der Waals surface area contributed by atoms with Gasteiger partial charge in [-0.05, 0) is 14.1 Å². The molecular weight excluding hydrogens is 248 g/mol. The molecule has 0 spiro atoms. The van der Waals surface area contributed by atoms with Gasteiger partial charge in [0.15, 0.2) is 0 Å². The van der Waals surface area contributed by atoms with Crippen LogP contribution in [0.5, 0.6) is 0 Å². The molecule has 0 radical (unpaired) electrons. The van der Waals surface area contributed by atoms with E-state index in [4.69, 9.17) is 5.84 Å². The minimum Gasteiger partial charge on any atom is -0.353 e. The van der Waals surface area contributed by atoms with Crippen molar-refractivity contribution in [2.24, 2.45) is 5.84 Å². The van der Waals surface area contributed by atoms with Crippen molar-refractivity contribution in [1.29, 1.82) is 0 Å². The molecule has 10 nitrogen and oxygen atoms in total. The monoisotopic (exact) mass is 264 g/mol. The standard InChI is InChI=1S/C9H16N10/c1-18(2)4-3-12-7-14-8(17-10)16-9(15-7)19-6-11-5-13-19/h5-6H,3-4,10H2,1-2H3,(H2,12,14,15,16,17). The van der Waals surface area contributed by atoms with Gasteiger partial charge >= 0.3 is 0 Å². The van der Waals surface area contributed by atoms with Crippen molar-refractivity contribution in [3.63, 3.8) is 0 Å². The van der Waals surface area contributed by atoms with Crippen molar-refractivity contribution < 1.29 is 0 Å². The summed E-state index contributed by atoms with van der Waals surface area (Å²) in [6, 6.07) is 0. The van der Waals surface area contributed by atoms with Crippen LogP contribution in [0.3, 0.4) is 0 Å². The molecule has 2 heterocycles. The Morgan fingerprint density at radius 2 is 2.05 bits per heavy atom. The Labute approximate surface area is 110 Å². The van der Waals surface area contributed by atoms with Gasteiger partial charge < -0.3 is 10.2 Å². The molecule has 10 heteroatoms. The zero-order valence-electron chi connectivity index (χ0n) is 10.8. The lowest BCUT2D eigenvalue weighted by Gasteiger charge is -2.11. The first kappa shape index (κ1) is 13.1. The van der Waals surface area contributed by atoms with Crippen LogP contribution >= 0.6 is 0 Å². The van der Waals surface area contributed by atoms with Crippen molar-refractivity contribution in [2.45, 2.75) is 0 Å². The summed E-state index contributed by atoms with van der Waals surface area (Å²) in [7, 11) is 3.98. The van der Waals surface area contributed by atoms with Gasteiger partial charge in [-0.25, -0.2) is 10.8 Å². The minimum atomic E-state index is 0.257. The highest BCUT2D eigenvalue weighted by molar-refractivity contribution is 5.36. The highest BCUT2D eigenvalue weighted by Gasteiger charge is 2.07. The number of aromatic nitrogens is 6. The number of nitrogens with zero attached hydrogens (tertiary/aromatic N) is 7. The Bertz CT molecular complexity index is 508. The molecule has 0 aliphatic heterocycles. The van der Waals surface area contributed by atoms with Crippen molar-refractivity contribution in [3.05, 3.63) is 12.7 Å². The maximum absolute atomic E-state index is 5.33. The maximum atomic E-state index is 5.33. The fourth-order valence-electron chi connectivity index (χ4n) is 1.31. The zero-order valence-corrected chi connectivity index (χ0v) is 10.8. The van der Waals surface area contributed by atoms with Gasteiger partial charge in [0.1, 0.15) is 12.7 Å². The van der Waals surface area contributed by atoms with E-state index in [0.29, 0.717) is 18.4 Å². The van der Waals surface area contributed by atoms with E-state index in [9.17, 15) is 0 Å². The van der Waals surface area contributed by atoms with Crippen molar-refractivity contribution in [1.82, 2.24) is 34.6 Å². The second-order valence-corrected chi connectivity index (χ2v) is 4.00. The van der Waals surface area contributed by atoms with Gasteiger partial charge in [0.25, 0.3) is 5.95 Å². The molecule has 0 saturated heterocycles. The molecular formula is C9H16N10. The summed E-state index contributed by atoms with van der Waals surface area (Å²) in [5, 5.41) is 7.05. The van der Waals surface area contributed by atoms with Gasteiger partial charge in [0.05, 0.1) is 0 Å². The third-order valence-electron chi connectivity index (χ3n) is 2.22. The molecule has 0 atom stereocenters. The van der Waals surface area contributed by atoms with Crippen molar-refractivity contribution in [2.75, 3.05) is 37.9 Å². The van der Waals surface area contributed by atoms with Crippen LogP contribution in [-0.4, -0.2) is 61.8 Å². The fraction of sp³-hybridized carbons (Fsp3) is 0.444. The summed E-state index contributed by atoms with van der Waals surface area (Å²) in [5.41, 5.74) is 2.39. The van der Waals surface area contributed by atoms with Crippen LogP contribution < -0.4 is 16.6 Å². The highest BCUT2D eigenvalue weighted by atomic mass is 15.4. The number of anilines is 2. The number of likely N-dealkylation sites (N-methyl/N-ethyl adjacent to an activating group) is 1. The van der Waals surface area contributed by atoms with Crippen LogP contribution in [0.15, 0.2) is 12.7 Å². The largest absolute Gasteiger partial charge is 0.353 e. The lowest BCUT2D eigenvalue weighted by molar-refractivity contribution is 0.425. The summed E-state index contributed by atoms with van der Waals surface area (Å²) in [6.45, 7) is 1.56. The van der Waals surface area contributed by atoms with E-state index in [1.807, 2.05) is 14.1 Å². The quantitative estimate of drug-likeness (QED) is 0.432. The van der Waals surface area contributed by atoms with E-state index < -0.39 is 0 Å². The molecule has 0 amide bonds. The molecule has 2 aromatic rings. The lowest BCUT2D eigenvalue weighted by atomic mass is 10.6. The summed E-state index contributed by atoms with van der Waals surface area (Å²) < 4.78 is 1.43. The summed E-state index contributed by atoms with van der Waals surface area (Å²) >= 11 is 0. The number of rotatable bonds is 6. The third kappa shape index (κ3) is 3.56. The summed E-state index contributed by atoms with van der Waals surface area (Å²) in [6.07, 6.45) is 2.90. The predicted octanol–water partition coefficient (Wildman–Crippen LogP) is -1.29. The van der Waals surface area contributed by atoms with Crippen LogP contribution in [-0.2, 0) is 0 Å². The van der Waals surface area contributed by atoms with E-state index in [1.54, 1.807) is 0 Å². The van der Waals surface area contributed by atoms with Gasteiger partial charge in [0.2, 0.25) is 11.9 Å². The molecule has 2 aromatic heterocycles. The molecule has 0 aromatic carbocycles. The molecule has 19 heavy (non-hydrogen) atoms. The Morgan fingerprint density at radius 1 is 1.26 bits per heavy atom. The van der Waals surface area contributed by atoms with Crippen LogP contribution in [0.2, 0.25) is 0 Å². The topological polar surface area (TPSA) is 123 Å². The van der Waals surface area contributed by atoms with E-state index in [1.165, 1.54) is 17.3 Å². The Morgan fingerprint density at radius 3 is 2.68 bits per heavy atom. The van der Waals surface area contributed by atoms with E-state index in [2.05, 4.69) is 40.7 Å². The first-order chi connectivity index (χ1) is 9.19. The summed E-state index contributed by atoms with van der Waals surface area (Å²) in [5.74, 6) is 6.36. The van der Waals surface area contributed by atoms with E-state index in [-0.39, 0.29) is 5.95 Å². The minimum absolute atomic E-state index is 0.257. The molecule has 102 valence electrons. The molecule has 0 bridgehead atoms. The van der Waals surface area contributed by atoms with Gasteiger partial charge in [-0.3, -0.25) is 5.43 Å². The van der Waals surface area contributed by atoms with Gasteiger partial charge in [-0.2, -0.15) is 24.7 Å².